The maximum atomic E-state index is 11.2. The van der Waals surface area contributed by atoms with Gasteiger partial charge in [0, 0.05) is 5.69 Å². The highest BCUT2D eigenvalue weighted by atomic mass is 16.4. The zero-order chi connectivity index (χ0) is 11.4. The Bertz CT molecular complexity index is 379. The first-order valence-electron chi connectivity index (χ1n) is 4.58. The molecule has 0 atom stereocenters. The van der Waals surface area contributed by atoms with Gasteiger partial charge in [-0.15, -0.1) is 0 Å². The number of carboxylic acid groups (broad SMARTS) is 1. The Labute approximate surface area is 87.9 Å². The third-order valence-corrected chi connectivity index (χ3v) is 2.06. The number of rotatable bonds is 3. The molecule has 1 aromatic rings. The molecule has 0 saturated heterocycles. The van der Waals surface area contributed by atoms with Crippen LogP contribution in [0.4, 0.5) is 5.69 Å². The van der Waals surface area contributed by atoms with Crippen LogP contribution < -0.4 is 5.32 Å². The van der Waals surface area contributed by atoms with Gasteiger partial charge in [-0.2, -0.15) is 0 Å². The molecule has 0 radical (unpaired) electrons. The lowest BCUT2D eigenvalue weighted by molar-refractivity contribution is -0.139. The molecular formula is C11H13NO3. The third kappa shape index (κ3) is 3.09. The van der Waals surface area contributed by atoms with E-state index in [0.29, 0.717) is 5.69 Å². The third-order valence-electron chi connectivity index (χ3n) is 2.06. The number of hydrogen-bond acceptors (Lipinski definition) is 2. The van der Waals surface area contributed by atoms with Crippen molar-refractivity contribution in [3.63, 3.8) is 0 Å². The number of para-hydroxylation sites is 1. The number of carbonyl (C=O) groups excluding carboxylic acids is 1. The second kappa shape index (κ2) is 4.59. The summed E-state index contributed by atoms with van der Waals surface area (Å²) in [4.78, 5) is 21.5. The van der Waals surface area contributed by atoms with Crippen LogP contribution in [0.1, 0.15) is 17.5 Å². The lowest BCUT2D eigenvalue weighted by Crippen LogP contribution is -2.17. The van der Waals surface area contributed by atoms with Crippen LogP contribution in [-0.2, 0) is 9.59 Å². The molecular weight excluding hydrogens is 194 g/mol. The molecule has 1 rings (SSSR count). The van der Waals surface area contributed by atoms with Gasteiger partial charge in [0.1, 0.15) is 6.42 Å². The molecule has 0 aliphatic heterocycles. The Morgan fingerprint density at radius 1 is 1.27 bits per heavy atom. The van der Waals surface area contributed by atoms with E-state index in [1.807, 2.05) is 32.0 Å². The van der Waals surface area contributed by atoms with E-state index in [1.165, 1.54) is 0 Å². The first-order valence-corrected chi connectivity index (χ1v) is 4.58. The van der Waals surface area contributed by atoms with Crippen LogP contribution in [0, 0.1) is 13.8 Å². The normalized spacial score (nSPS) is 9.73. The van der Waals surface area contributed by atoms with Gasteiger partial charge in [-0.05, 0) is 25.0 Å². The van der Waals surface area contributed by atoms with Crippen molar-refractivity contribution < 1.29 is 14.7 Å². The Morgan fingerprint density at radius 2 is 1.80 bits per heavy atom. The van der Waals surface area contributed by atoms with Crippen LogP contribution in [0.3, 0.4) is 0 Å². The molecule has 0 unspecified atom stereocenters. The molecule has 2 N–H and O–H groups in total. The van der Waals surface area contributed by atoms with Crippen molar-refractivity contribution in [1.29, 1.82) is 0 Å². The molecule has 0 heterocycles. The first-order chi connectivity index (χ1) is 7.00. The Kier molecular flexibility index (Phi) is 3.44. The van der Waals surface area contributed by atoms with Crippen LogP contribution >= 0.6 is 0 Å². The average molecular weight is 207 g/mol. The van der Waals surface area contributed by atoms with Gasteiger partial charge in [-0.25, -0.2) is 0 Å². The highest BCUT2D eigenvalue weighted by Crippen LogP contribution is 2.19. The monoisotopic (exact) mass is 207 g/mol. The molecule has 0 fully saturated rings. The number of anilines is 1. The number of aliphatic carboxylic acids is 1. The van der Waals surface area contributed by atoms with Gasteiger partial charge < -0.3 is 10.4 Å². The van der Waals surface area contributed by atoms with E-state index in [9.17, 15) is 9.59 Å². The van der Waals surface area contributed by atoms with Gasteiger partial charge in [0.05, 0.1) is 0 Å². The first kappa shape index (κ1) is 11.2. The predicted molar refractivity (Wildman–Crippen MR) is 56.8 cm³/mol. The minimum Gasteiger partial charge on any atom is -0.481 e. The fraction of sp³-hybridized carbons (Fsp3) is 0.273. The SMILES string of the molecule is Cc1cccc(C)c1NC(=O)CC(=O)O. The standard InChI is InChI=1S/C11H13NO3/c1-7-4-3-5-8(2)11(7)12-9(13)6-10(14)15/h3-5H,6H2,1-2H3,(H,12,13)(H,14,15). The van der Waals surface area contributed by atoms with E-state index in [0.717, 1.165) is 11.1 Å². The number of carboxylic acids is 1. The number of hydrogen-bond donors (Lipinski definition) is 2. The Balaban J connectivity index is 2.80. The Hall–Kier alpha value is -1.84. The summed E-state index contributed by atoms with van der Waals surface area (Å²) in [6.07, 6.45) is -0.506. The van der Waals surface area contributed by atoms with Gasteiger partial charge in [0.2, 0.25) is 5.91 Å². The van der Waals surface area contributed by atoms with Crippen LogP contribution in [0.25, 0.3) is 0 Å². The molecule has 1 aromatic carbocycles. The van der Waals surface area contributed by atoms with Crippen molar-refractivity contribution in [2.45, 2.75) is 20.3 Å². The van der Waals surface area contributed by atoms with Crippen molar-refractivity contribution in [1.82, 2.24) is 0 Å². The fourth-order valence-electron chi connectivity index (χ4n) is 1.33. The molecule has 4 heteroatoms. The molecule has 0 bridgehead atoms. The molecule has 0 aliphatic rings. The summed E-state index contributed by atoms with van der Waals surface area (Å²) in [6.45, 7) is 3.73. The highest BCUT2D eigenvalue weighted by Gasteiger charge is 2.10. The highest BCUT2D eigenvalue weighted by molar-refractivity contribution is 6.02. The smallest absolute Gasteiger partial charge is 0.312 e. The van der Waals surface area contributed by atoms with Gasteiger partial charge in [0.25, 0.3) is 0 Å². The lowest BCUT2D eigenvalue weighted by Gasteiger charge is -2.10. The van der Waals surface area contributed by atoms with E-state index in [2.05, 4.69) is 5.32 Å². The van der Waals surface area contributed by atoms with E-state index >= 15 is 0 Å². The minimum absolute atomic E-state index is 0.500. The maximum Gasteiger partial charge on any atom is 0.312 e. The second-order valence-electron chi connectivity index (χ2n) is 3.39. The van der Waals surface area contributed by atoms with Crippen molar-refractivity contribution in [3.8, 4) is 0 Å². The van der Waals surface area contributed by atoms with Crippen LogP contribution in [0.5, 0.6) is 0 Å². The number of benzene rings is 1. The van der Waals surface area contributed by atoms with Crippen LogP contribution in [0.2, 0.25) is 0 Å². The zero-order valence-electron chi connectivity index (χ0n) is 8.70. The summed E-state index contributed by atoms with van der Waals surface area (Å²) < 4.78 is 0. The Morgan fingerprint density at radius 3 is 2.27 bits per heavy atom. The zero-order valence-corrected chi connectivity index (χ0v) is 8.70. The molecule has 4 nitrogen and oxygen atoms in total. The van der Waals surface area contributed by atoms with Crippen molar-refractivity contribution in [2.24, 2.45) is 0 Å². The predicted octanol–water partition coefficient (Wildman–Crippen LogP) is 1.72. The minimum atomic E-state index is -1.13. The maximum absolute atomic E-state index is 11.2. The molecule has 15 heavy (non-hydrogen) atoms. The number of carbonyl (C=O) groups is 2. The van der Waals surface area contributed by atoms with E-state index < -0.39 is 18.3 Å². The fourth-order valence-corrected chi connectivity index (χ4v) is 1.33. The molecule has 0 aliphatic carbocycles. The second-order valence-corrected chi connectivity index (χ2v) is 3.39. The van der Waals surface area contributed by atoms with Crippen LogP contribution in [0.15, 0.2) is 18.2 Å². The van der Waals surface area contributed by atoms with Crippen molar-refractivity contribution in [2.75, 3.05) is 5.32 Å². The summed E-state index contributed by atoms with van der Waals surface area (Å²) in [5, 5.41) is 11.0. The summed E-state index contributed by atoms with van der Waals surface area (Å²) in [5.41, 5.74) is 2.55. The van der Waals surface area contributed by atoms with E-state index in [4.69, 9.17) is 5.11 Å². The molecule has 80 valence electrons. The van der Waals surface area contributed by atoms with Crippen LogP contribution in [-0.4, -0.2) is 17.0 Å². The van der Waals surface area contributed by atoms with Crippen molar-refractivity contribution >= 4 is 17.6 Å². The molecule has 1 amide bonds. The molecule has 0 aromatic heterocycles. The van der Waals surface area contributed by atoms with Crippen molar-refractivity contribution in [3.05, 3.63) is 29.3 Å². The summed E-state index contributed by atoms with van der Waals surface area (Å²) in [7, 11) is 0. The van der Waals surface area contributed by atoms with Gasteiger partial charge in [-0.1, -0.05) is 18.2 Å². The van der Waals surface area contributed by atoms with E-state index in [-0.39, 0.29) is 0 Å². The number of amides is 1. The largest absolute Gasteiger partial charge is 0.481 e. The number of aryl methyl sites for hydroxylation is 2. The van der Waals surface area contributed by atoms with Gasteiger partial charge >= 0.3 is 5.97 Å². The summed E-state index contributed by atoms with van der Waals surface area (Å²) in [5.74, 6) is -1.63. The van der Waals surface area contributed by atoms with Gasteiger partial charge in [0.15, 0.2) is 0 Å². The van der Waals surface area contributed by atoms with E-state index in [1.54, 1.807) is 0 Å². The summed E-state index contributed by atoms with van der Waals surface area (Å²) >= 11 is 0. The number of nitrogens with one attached hydrogen (secondary N) is 1. The lowest BCUT2D eigenvalue weighted by atomic mass is 10.1. The topological polar surface area (TPSA) is 66.4 Å². The quantitative estimate of drug-likeness (QED) is 0.741. The molecule has 0 saturated carbocycles. The van der Waals surface area contributed by atoms with Gasteiger partial charge in [-0.3, -0.25) is 9.59 Å². The molecule has 0 spiro atoms. The summed E-state index contributed by atoms with van der Waals surface area (Å²) in [6, 6.07) is 5.62. The average Bonchev–Trinajstić information content (AvgIpc) is 2.10.